The van der Waals surface area contributed by atoms with Gasteiger partial charge in [0, 0.05) is 12.1 Å². The summed E-state index contributed by atoms with van der Waals surface area (Å²) in [6.07, 6.45) is -2.16. The van der Waals surface area contributed by atoms with Gasteiger partial charge in [0.25, 0.3) is 0 Å². The van der Waals surface area contributed by atoms with Crippen LogP contribution in [0.3, 0.4) is 0 Å². The molecule has 1 heterocycles. The number of nitrogens with two attached hydrogens (primary N) is 1. The lowest BCUT2D eigenvalue weighted by atomic mass is 9.99. The van der Waals surface area contributed by atoms with Crippen molar-refractivity contribution in [2.24, 2.45) is 5.16 Å². The lowest BCUT2D eigenvalue weighted by Gasteiger charge is -2.29. The molecular formula is C29H29BrN4O6. The van der Waals surface area contributed by atoms with Gasteiger partial charge in [-0.1, -0.05) is 78.0 Å². The molecule has 3 atom stereocenters. The first-order valence-electron chi connectivity index (χ1n) is 12.6. The Morgan fingerprint density at radius 1 is 0.950 bits per heavy atom. The van der Waals surface area contributed by atoms with E-state index in [9.17, 15) is 14.4 Å². The minimum Gasteiger partial charge on any atom is -0.444 e. The smallest absolute Gasteiger partial charge is 0.420 e. The van der Waals surface area contributed by atoms with Crippen LogP contribution in [0.25, 0.3) is 0 Å². The highest BCUT2D eigenvalue weighted by Gasteiger charge is 2.38. The Hall–Kier alpha value is -4.38. The molecule has 3 N–H and O–H groups in total. The number of rotatable bonds is 9. The molecule has 0 spiro atoms. The molecule has 0 fully saturated rings. The number of carbonyl (C=O) groups is 3. The molecule has 10 nitrogen and oxygen atoms in total. The summed E-state index contributed by atoms with van der Waals surface area (Å²) < 4.78 is 11.4. The number of nitrogens with one attached hydrogen (secondary N) is 1. The van der Waals surface area contributed by atoms with Gasteiger partial charge < -0.3 is 25.4 Å². The first-order chi connectivity index (χ1) is 19.3. The van der Waals surface area contributed by atoms with Gasteiger partial charge in [-0.2, -0.15) is 4.90 Å². The molecule has 3 amide bonds. The van der Waals surface area contributed by atoms with Crippen molar-refractivity contribution in [2.75, 3.05) is 5.73 Å². The molecule has 0 aliphatic carbocycles. The molecule has 0 saturated heterocycles. The molecule has 1 aliphatic heterocycles. The fourth-order valence-corrected chi connectivity index (χ4v) is 4.40. The third-order valence-corrected chi connectivity index (χ3v) is 6.66. The molecule has 0 aromatic heterocycles. The predicted molar refractivity (Wildman–Crippen MR) is 152 cm³/mol. The predicted octanol–water partition coefficient (Wildman–Crippen LogP) is 5.29. The van der Waals surface area contributed by atoms with E-state index < -0.39 is 36.3 Å². The molecule has 11 heteroatoms. The quantitative estimate of drug-likeness (QED) is 0.315. The molecule has 1 aliphatic rings. The lowest BCUT2D eigenvalue weighted by molar-refractivity contribution is -0.127. The highest BCUT2D eigenvalue weighted by Crippen LogP contribution is 2.28. The minimum absolute atomic E-state index is 0.0914. The van der Waals surface area contributed by atoms with E-state index in [0.717, 1.165) is 11.1 Å². The van der Waals surface area contributed by atoms with Gasteiger partial charge in [0.15, 0.2) is 6.10 Å². The Kier molecular flexibility index (Phi) is 9.74. The SMILES string of the molecule is C[C@@H](C(=O)NC(c1ccc(N)cc1)C1CC(Br)=NO1)N(C(=O)OCc1ccccc1)C(=O)OCc1ccccc1. The largest absolute Gasteiger partial charge is 0.444 e. The van der Waals surface area contributed by atoms with Crippen molar-refractivity contribution in [2.45, 2.75) is 44.7 Å². The van der Waals surface area contributed by atoms with Gasteiger partial charge in [-0.25, -0.2) is 9.59 Å². The van der Waals surface area contributed by atoms with E-state index in [1.165, 1.54) is 6.92 Å². The summed E-state index contributed by atoms with van der Waals surface area (Å²) in [5.74, 6) is -0.623. The van der Waals surface area contributed by atoms with E-state index in [2.05, 4.69) is 26.4 Å². The minimum atomic E-state index is -1.28. The highest BCUT2D eigenvalue weighted by molar-refractivity contribution is 9.18. The summed E-state index contributed by atoms with van der Waals surface area (Å²) in [7, 11) is 0. The van der Waals surface area contributed by atoms with Crippen molar-refractivity contribution < 1.29 is 28.7 Å². The van der Waals surface area contributed by atoms with E-state index in [1.807, 2.05) is 12.1 Å². The molecule has 208 valence electrons. The van der Waals surface area contributed by atoms with E-state index >= 15 is 0 Å². The zero-order chi connectivity index (χ0) is 28.5. The van der Waals surface area contributed by atoms with E-state index in [4.69, 9.17) is 20.0 Å². The number of oxime groups is 1. The molecule has 3 aromatic carbocycles. The number of amides is 3. The van der Waals surface area contributed by atoms with Crippen LogP contribution in [0.15, 0.2) is 90.1 Å². The van der Waals surface area contributed by atoms with Crippen molar-refractivity contribution in [3.8, 4) is 0 Å². The second kappa shape index (κ2) is 13.6. The van der Waals surface area contributed by atoms with E-state index in [-0.39, 0.29) is 13.2 Å². The van der Waals surface area contributed by atoms with Gasteiger partial charge in [0.1, 0.15) is 23.9 Å². The van der Waals surface area contributed by atoms with E-state index in [1.54, 1.807) is 72.8 Å². The van der Waals surface area contributed by atoms with Crippen LogP contribution < -0.4 is 11.1 Å². The first kappa shape index (κ1) is 28.6. The van der Waals surface area contributed by atoms with Crippen LogP contribution >= 0.6 is 15.9 Å². The summed E-state index contributed by atoms with van der Waals surface area (Å²) in [4.78, 5) is 46.1. The van der Waals surface area contributed by atoms with Gasteiger partial charge in [0.2, 0.25) is 5.91 Å². The van der Waals surface area contributed by atoms with Crippen molar-refractivity contribution in [3.63, 3.8) is 0 Å². The fourth-order valence-electron chi connectivity index (χ4n) is 4.00. The number of hydrogen-bond donors (Lipinski definition) is 2. The Morgan fingerprint density at radius 2 is 1.48 bits per heavy atom. The summed E-state index contributed by atoms with van der Waals surface area (Å²) >= 11 is 3.32. The van der Waals surface area contributed by atoms with Gasteiger partial charge >= 0.3 is 12.2 Å². The van der Waals surface area contributed by atoms with Crippen LogP contribution in [0.5, 0.6) is 0 Å². The topological polar surface area (TPSA) is 133 Å². The number of ether oxygens (including phenoxy) is 2. The van der Waals surface area contributed by atoms with Crippen LogP contribution in [-0.4, -0.2) is 39.8 Å². The van der Waals surface area contributed by atoms with Crippen LogP contribution in [0.1, 0.15) is 36.1 Å². The fraction of sp³-hybridized carbons (Fsp3) is 0.241. The van der Waals surface area contributed by atoms with Crippen LogP contribution in [0, 0.1) is 0 Å². The monoisotopic (exact) mass is 608 g/mol. The van der Waals surface area contributed by atoms with Gasteiger partial charge in [-0.05, 0) is 51.7 Å². The van der Waals surface area contributed by atoms with Crippen LogP contribution in [-0.2, 0) is 32.3 Å². The zero-order valence-corrected chi connectivity index (χ0v) is 23.3. The van der Waals surface area contributed by atoms with Crippen molar-refractivity contribution in [1.29, 1.82) is 0 Å². The second-order valence-corrected chi connectivity index (χ2v) is 10.0. The van der Waals surface area contributed by atoms with Crippen molar-refractivity contribution in [1.82, 2.24) is 10.2 Å². The number of carbonyl (C=O) groups excluding carboxylic acids is 3. The summed E-state index contributed by atoms with van der Waals surface area (Å²) in [5, 5.41) is 6.83. The molecule has 2 unspecified atom stereocenters. The number of imide groups is 1. The lowest BCUT2D eigenvalue weighted by Crippen LogP contribution is -2.52. The Balaban J connectivity index is 1.52. The molecular weight excluding hydrogens is 580 g/mol. The summed E-state index contributed by atoms with van der Waals surface area (Å²) in [6, 6.07) is 23.0. The average molecular weight is 609 g/mol. The number of nitrogen functional groups attached to an aromatic ring is 1. The number of hydrogen-bond acceptors (Lipinski definition) is 8. The number of halogens is 1. The Morgan fingerprint density at radius 3 is 1.95 bits per heavy atom. The first-order valence-corrected chi connectivity index (χ1v) is 13.4. The summed E-state index contributed by atoms with van der Waals surface area (Å²) in [6.45, 7) is 1.24. The number of anilines is 1. The maximum absolute atomic E-state index is 13.5. The molecule has 4 rings (SSSR count). The standard InChI is InChI=1S/C29H29BrN4O6/c1-19(27(35)32-26(24-16-25(30)33-40-24)22-12-14-23(31)15-13-22)34(28(36)38-17-20-8-4-2-5-9-20)29(37)39-18-21-10-6-3-7-11-21/h2-15,19,24,26H,16-18,31H2,1H3,(H,32,35)/t19-,24?,26?/m0/s1. The maximum Gasteiger partial charge on any atom is 0.420 e. The van der Waals surface area contributed by atoms with Gasteiger partial charge in [-0.3, -0.25) is 4.79 Å². The Bertz CT molecular complexity index is 1280. The van der Waals surface area contributed by atoms with Gasteiger partial charge in [0.05, 0.1) is 6.04 Å². The molecule has 0 radical (unpaired) electrons. The van der Waals surface area contributed by atoms with Crippen molar-refractivity contribution >= 4 is 44.3 Å². The molecule has 3 aromatic rings. The molecule has 40 heavy (non-hydrogen) atoms. The third kappa shape index (κ3) is 7.60. The maximum atomic E-state index is 13.5. The second-order valence-electron chi connectivity index (χ2n) is 9.09. The van der Waals surface area contributed by atoms with Gasteiger partial charge in [-0.15, -0.1) is 0 Å². The van der Waals surface area contributed by atoms with Crippen LogP contribution in [0.4, 0.5) is 15.3 Å². The molecule has 0 saturated carbocycles. The highest BCUT2D eigenvalue weighted by atomic mass is 79.9. The zero-order valence-electron chi connectivity index (χ0n) is 21.7. The van der Waals surface area contributed by atoms with Crippen LogP contribution in [0.2, 0.25) is 0 Å². The average Bonchev–Trinajstić information content (AvgIpc) is 3.41. The Labute approximate surface area is 240 Å². The van der Waals surface area contributed by atoms with Crippen molar-refractivity contribution in [3.05, 3.63) is 102 Å². The number of nitrogens with zero attached hydrogens (tertiary/aromatic N) is 2. The summed E-state index contributed by atoms with van der Waals surface area (Å²) in [5.41, 5.74) is 8.55. The molecule has 0 bridgehead atoms. The normalized spacial score (nSPS) is 15.7. The van der Waals surface area contributed by atoms with E-state index in [0.29, 0.717) is 27.2 Å². The third-order valence-electron chi connectivity index (χ3n) is 6.19. The number of benzene rings is 3.